The van der Waals surface area contributed by atoms with Gasteiger partial charge in [0.05, 0.1) is 33.4 Å². The number of fused-ring (bicyclic) bond motifs is 1. The topological polar surface area (TPSA) is 49.9 Å². The molecule has 2 fully saturated rings. The van der Waals surface area contributed by atoms with Crippen molar-refractivity contribution >= 4 is 46.4 Å². The van der Waals surface area contributed by atoms with Crippen LogP contribution in [0.1, 0.15) is 20.3 Å². The Kier molecular flexibility index (Phi) is 5.08. The third-order valence-corrected chi connectivity index (χ3v) is 5.73. The molecule has 2 saturated heterocycles. The zero-order chi connectivity index (χ0) is 20.0. The summed E-state index contributed by atoms with van der Waals surface area (Å²) in [5.74, 6) is -1.05. The third kappa shape index (κ3) is 3.08. The molecule has 28 heavy (non-hydrogen) atoms. The van der Waals surface area contributed by atoms with Crippen molar-refractivity contribution in [2.24, 2.45) is 11.8 Å². The van der Waals surface area contributed by atoms with Gasteiger partial charge in [-0.15, -0.1) is 0 Å². The predicted molar refractivity (Wildman–Crippen MR) is 109 cm³/mol. The van der Waals surface area contributed by atoms with Gasteiger partial charge in [0, 0.05) is 0 Å². The highest BCUT2D eigenvalue weighted by atomic mass is 35.5. The van der Waals surface area contributed by atoms with Gasteiger partial charge in [-0.25, -0.2) is 9.96 Å². The van der Waals surface area contributed by atoms with E-state index in [0.29, 0.717) is 12.3 Å². The maximum absolute atomic E-state index is 13.4. The molecular weight excluding hydrogens is 399 g/mol. The van der Waals surface area contributed by atoms with Crippen LogP contribution in [0.3, 0.4) is 0 Å². The van der Waals surface area contributed by atoms with Crippen molar-refractivity contribution in [1.29, 1.82) is 0 Å². The summed E-state index contributed by atoms with van der Waals surface area (Å²) in [7, 11) is 0. The van der Waals surface area contributed by atoms with E-state index in [0.717, 1.165) is 10.6 Å². The second kappa shape index (κ2) is 7.39. The fraction of sp³-hybridized carbons (Fsp3) is 0.333. The molecular formula is C21H20Cl2N2O3. The Bertz CT molecular complexity index is 899. The van der Waals surface area contributed by atoms with Gasteiger partial charge < -0.3 is 0 Å². The van der Waals surface area contributed by atoms with Crippen molar-refractivity contribution in [3.63, 3.8) is 0 Å². The predicted octanol–water partition coefficient (Wildman–Crippen LogP) is 4.72. The molecule has 0 aromatic heterocycles. The zero-order valence-electron chi connectivity index (χ0n) is 15.5. The Morgan fingerprint density at radius 2 is 1.61 bits per heavy atom. The second-order valence-electron chi connectivity index (χ2n) is 7.49. The number of carbonyl (C=O) groups is 2. The average molecular weight is 419 g/mol. The minimum Gasteiger partial charge on any atom is -0.273 e. The SMILES string of the molecule is CC(C)C[C@@H]1[C@@H]2C(=O)N(c3c(Cl)cccc3Cl)C(=O)[C@H]2ON1c1ccccc1. The van der Waals surface area contributed by atoms with Gasteiger partial charge in [-0.05, 0) is 36.6 Å². The number of hydroxylamine groups is 1. The van der Waals surface area contributed by atoms with Gasteiger partial charge in [-0.2, -0.15) is 0 Å². The zero-order valence-corrected chi connectivity index (χ0v) is 17.0. The van der Waals surface area contributed by atoms with Gasteiger partial charge in [0.2, 0.25) is 5.91 Å². The number of hydrogen-bond donors (Lipinski definition) is 0. The van der Waals surface area contributed by atoms with Gasteiger partial charge in [0.1, 0.15) is 0 Å². The molecule has 2 aromatic rings. The van der Waals surface area contributed by atoms with E-state index in [-0.39, 0.29) is 27.7 Å². The van der Waals surface area contributed by atoms with Crippen molar-refractivity contribution in [2.45, 2.75) is 32.4 Å². The van der Waals surface area contributed by atoms with Crippen LogP contribution in [0, 0.1) is 11.8 Å². The van der Waals surface area contributed by atoms with Crippen LogP contribution in [0.25, 0.3) is 0 Å². The fourth-order valence-corrected chi connectivity index (χ4v) is 4.53. The van der Waals surface area contributed by atoms with Gasteiger partial charge in [0.15, 0.2) is 6.10 Å². The van der Waals surface area contributed by atoms with Crippen LogP contribution in [0.15, 0.2) is 48.5 Å². The highest BCUT2D eigenvalue weighted by Gasteiger charge is 2.60. The summed E-state index contributed by atoms with van der Waals surface area (Å²) < 4.78 is 0. The molecule has 2 amide bonds. The van der Waals surface area contributed by atoms with Crippen LogP contribution in [-0.4, -0.2) is 24.0 Å². The highest BCUT2D eigenvalue weighted by Crippen LogP contribution is 2.45. The molecule has 0 radical (unpaired) electrons. The van der Waals surface area contributed by atoms with Crippen molar-refractivity contribution in [3.05, 3.63) is 58.6 Å². The first-order valence-electron chi connectivity index (χ1n) is 9.23. The van der Waals surface area contributed by atoms with E-state index in [1.807, 2.05) is 30.3 Å². The lowest BCUT2D eigenvalue weighted by Crippen LogP contribution is -2.41. The van der Waals surface area contributed by atoms with E-state index >= 15 is 0 Å². The minimum absolute atomic E-state index is 0.230. The Hall–Kier alpha value is -2.08. The number of hydrogen-bond acceptors (Lipinski definition) is 4. The first kappa shape index (κ1) is 19.2. The van der Waals surface area contributed by atoms with E-state index < -0.39 is 17.9 Å². The van der Waals surface area contributed by atoms with Crippen LogP contribution in [0.4, 0.5) is 11.4 Å². The van der Waals surface area contributed by atoms with Crippen LogP contribution in [0.5, 0.6) is 0 Å². The molecule has 0 saturated carbocycles. The van der Waals surface area contributed by atoms with E-state index in [9.17, 15) is 9.59 Å². The standard InChI is InChI=1S/C21H20Cl2N2O3/c1-12(2)11-16-17-19(28-25(16)13-7-4-3-5-8-13)21(27)24(20(17)26)18-14(22)9-6-10-15(18)23/h3-10,12,16-17,19H,11H2,1-2H3/t16-,17+,19+/m1/s1. The Labute approximate surface area is 173 Å². The molecule has 0 spiro atoms. The summed E-state index contributed by atoms with van der Waals surface area (Å²) in [4.78, 5) is 33.6. The van der Waals surface area contributed by atoms with Crippen LogP contribution < -0.4 is 9.96 Å². The number of benzene rings is 2. The van der Waals surface area contributed by atoms with E-state index in [1.165, 1.54) is 0 Å². The number of carbonyl (C=O) groups excluding carboxylic acids is 2. The molecule has 0 N–H and O–H groups in total. The van der Waals surface area contributed by atoms with E-state index in [1.54, 1.807) is 23.3 Å². The first-order valence-corrected chi connectivity index (χ1v) is 9.98. The molecule has 5 nitrogen and oxygen atoms in total. The summed E-state index contributed by atoms with van der Waals surface area (Å²) in [6, 6.07) is 14.2. The Morgan fingerprint density at radius 3 is 2.21 bits per heavy atom. The summed E-state index contributed by atoms with van der Waals surface area (Å²) in [5.41, 5.74) is 1.05. The van der Waals surface area contributed by atoms with Crippen molar-refractivity contribution in [2.75, 3.05) is 9.96 Å². The number of amides is 2. The molecule has 0 unspecified atom stereocenters. The number of rotatable bonds is 4. The van der Waals surface area contributed by atoms with Crippen molar-refractivity contribution in [1.82, 2.24) is 0 Å². The summed E-state index contributed by atoms with van der Waals surface area (Å²) in [5, 5.41) is 2.24. The minimum atomic E-state index is -0.885. The number of anilines is 2. The Balaban J connectivity index is 1.73. The fourth-order valence-electron chi connectivity index (χ4n) is 3.97. The molecule has 4 rings (SSSR count). The monoisotopic (exact) mass is 418 g/mol. The Morgan fingerprint density at radius 1 is 0.964 bits per heavy atom. The molecule has 146 valence electrons. The van der Waals surface area contributed by atoms with Gasteiger partial charge in [-0.3, -0.25) is 14.4 Å². The molecule has 0 aliphatic carbocycles. The quantitative estimate of drug-likeness (QED) is 0.674. The molecule has 7 heteroatoms. The summed E-state index contributed by atoms with van der Waals surface area (Å²) in [6.07, 6.45) is -0.178. The molecule has 2 aliphatic heterocycles. The number of nitrogens with zero attached hydrogens (tertiary/aromatic N) is 2. The maximum Gasteiger partial charge on any atom is 0.266 e. The molecule has 2 aromatic carbocycles. The molecule has 3 atom stereocenters. The smallest absolute Gasteiger partial charge is 0.266 e. The average Bonchev–Trinajstić information content (AvgIpc) is 3.13. The lowest BCUT2D eigenvalue weighted by Gasteiger charge is -2.29. The van der Waals surface area contributed by atoms with E-state index in [2.05, 4.69) is 13.8 Å². The first-order chi connectivity index (χ1) is 13.4. The summed E-state index contributed by atoms with van der Waals surface area (Å²) in [6.45, 7) is 4.17. The molecule has 2 heterocycles. The third-order valence-electron chi connectivity index (χ3n) is 5.12. The lowest BCUT2D eigenvalue weighted by atomic mass is 9.90. The van der Waals surface area contributed by atoms with Crippen LogP contribution in [-0.2, 0) is 14.4 Å². The highest BCUT2D eigenvalue weighted by molar-refractivity contribution is 6.42. The number of imide groups is 1. The largest absolute Gasteiger partial charge is 0.273 e. The maximum atomic E-state index is 13.4. The summed E-state index contributed by atoms with van der Waals surface area (Å²) >= 11 is 12.5. The van der Waals surface area contributed by atoms with Crippen LogP contribution in [0.2, 0.25) is 10.0 Å². The van der Waals surface area contributed by atoms with Crippen LogP contribution >= 0.6 is 23.2 Å². The van der Waals surface area contributed by atoms with Gasteiger partial charge in [0.25, 0.3) is 5.91 Å². The van der Waals surface area contributed by atoms with E-state index in [4.69, 9.17) is 28.0 Å². The van der Waals surface area contributed by atoms with Gasteiger partial charge in [-0.1, -0.05) is 61.3 Å². The number of halogens is 2. The van der Waals surface area contributed by atoms with Gasteiger partial charge >= 0.3 is 0 Å². The van der Waals surface area contributed by atoms with Crippen molar-refractivity contribution in [3.8, 4) is 0 Å². The van der Waals surface area contributed by atoms with Crippen molar-refractivity contribution < 1.29 is 14.4 Å². The molecule has 2 aliphatic rings. The second-order valence-corrected chi connectivity index (χ2v) is 8.31. The normalized spacial score (nSPS) is 24.4. The lowest BCUT2D eigenvalue weighted by molar-refractivity contribution is -0.126. The molecule has 0 bridgehead atoms. The number of para-hydroxylation sites is 2.